The van der Waals surface area contributed by atoms with Gasteiger partial charge in [0.05, 0.1) is 32.1 Å². The second kappa shape index (κ2) is 9.66. The third-order valence-corrected chi connectivity index (χ3v) is 5.24. The number of carbonyl (C=O) groups excluding carboxylic acids is 2. The van der Waals surface area contributed by atoms with Crippen LogP contribution in [0.5, 0.6) is 17.2 Å². The molecule has 0 saturated heterocycles. The van der Waals surface area contributed by atoms with E-state index in [9.17, 15) is 14.0 Å². The molecule has 1 N–H and O–H groups in total. The highest BCUT2D eigenvalue weighted by Crippen LogP contribution is 2.37. The normalized spacial score (nSPS) is 13.4. The molecular formula is C26H23FN2O5. The van der Waals surface area contributed by atoms with Crippen LogP contribution in [0, 0.1) is 5.82 Å². The van der Waals surface area contributed by atoms with Gasteiger partial charge in [0.2, 0.25) is 0 Å². The van der Waals surface area contributed by atoms with Crippen LogP contribution in [0.1, 0.15) is 12.5 Å². The summed E-state index contributed by atoms with van der Waals surface area (Å²) in [5, 5.41) is 3.07. The number of anilines is 2. The van der Waals surface area contributed by atoms with Gasteiger partial charge in [-0.3, -0.25) is 9.59 Å². The standard InChI is InChI=1S/C26H23FN2O5/c1-4-34-20-10-6-8-18(15-20)28-24-23(16-11-12-21(32-2)22(13-16)33-3)25(30)29(26(24)31)19-9-5-7-17(27)14-19/h5-15,28H,4H2,1-3H3. The Labute approximate surface area is 196 Å². The first-order valence-corrected chi connectivity index (χ1v) is 10.6. The maximum atomic E-state index is 13.9. The molecular weight excluding hydrogens is 439 g/mol. The van der Waals surface area contributed by atoms with Gasteiger partial charge in [0.25, 0.3) is 11.8 Å². The van der Waals surface area contributed by atoms with Crippen LogP contribution < -0.4 is 24.4 Å². The van der Waals surface area contributed by atoms with Gasteiger partial charge in [-0.25, -0.2) is 9.29 Å². The maximum Gasteiger partial charge on any atom is 0.282 e. The van der Waals surface area contributed by atoms with E-state index in [0.29, 0.717) is 35.1 Å². The second-order valence-corrected chi connectivity index (χ2v) is 7.33. The number of nitrogens with zero attached hydrogens (tertiary/aromatic N) is 1. The van der Waals surface area contributed by atoms with Crippen molar-refractivity contribution in [2.24, 2.45) is 0 Å². The molecule has 7 nitrogen and oxygen atoms in total. The Morgan fingerprint density at radius 2 is 1.65 bits per heavy atom. The van der Waals surface area contributed by atoms with E-state index in [1.165, 1.54) is 32.4 Å². The van der Waals surface area contributed by atoms with Crippen LogP contribution in [0.25, 0.3) is 5.57 Å². The summed E-state index contributed by atoms with van der Waals surface area (Å²) in [4.78, 5) is 28.0. The smallest absolute Gasteiger partial charge is 0.282 e. The van der Waals surface area contributed by atoms with Gasteiger partial charge in [0.15, 0.2) is 11.5 Å². The fourth-order valence-corrected chi connectivity index (χ4v) is 3.73. The predicted octanol–water partition coefficient (Wildman–Crippen LogP) is 4.64. The van der Waals surface area contributed by atoms with Crippen molar-refractivity contribution in [2.45, 2.75) is 6.92 Å². The minimum absolute atomic E-state index is 0.0510. The highest BCUT2D eigenvalue weighted by Gasteiger charge is 2.40. The van der Waals surface area contributed by atoms with E-state index < -0.39 is 17.6 Å². The Kier molecular flexibility index (Phi) is 6.49. The highest BCUT2D eigenvalue weighted by atomic mass is 19.1. The van der Waals surface area contributed by atoms with E-state index in [1.54, 1.807) is 42.5 Å². The number of carbonyl (C=O) groups is 2. The number of benzene rings is 3. The average molecular weight is 462 g/mol. The summed E-state index contributed by atoms with van der Waals surface area (Å²) in [6, 6.07) is 17.3. The Morgan fingerprint density at radius 3 is 2.35 bits per heavy atom. The molecule has 0 aromatic heterocycles. The lowest BCUT2D eigenvalue weighted by atomic mass is 10.0. The molecule has 3 aromatic rings. The zero-order valence-electron chi connectivity index (χ0n) is 18.9. The van der Waals surface area contributed by atoms with Gasteiger partial charge in [-0.1, -0.05) is 18.2 Å². The van der Waals surface area contributed by atoms with Crippen LogP contribution in [-0.2, 0) is 9.59 Å². The summed E-state index contributed by atoms with van der Waals surface area (Å²) in [5.41, 5.74) is 1.31. The van der Waals surface area contributed by atoms with Gasteiger partial charge >= 0.3 is 0 Å². The number of rotatable bonds is 8. The molecule has 0 spiro atoms. The zero-order valence-corrected chi connectivity index (χ0v) is 18.9. The lowest BCUT2D eigenvalue weighted by Gasteiger charge is -2.15. The Morgan fingerprint density at radius 1 is 0.882 bits per heavy atom. The maximum absolute atomic E-state index is 13.9. The summed E-state index contributed by atoms with van der Waals surface area (Å²) in [7, 11) is 2.99. The predicted molar refractivity (Wildman–Crippen MR) is 127 cm³/mol. The van der Waals surface area contributed by atoms with Crippen LogP contribution in [0.3, 0.4) is 0 Å². The van der Waals surface area contributed by atoms with Crippen LogP contribution in [-0.4, -0.2) is 32.6 Å². The Hall–Kier alpha value is -4.33. The van der Waals surface area contributed by atoms with Gasteiger partial charge in [0.1, 0.15) is 17.3 Å². The van der Waals surface area contributed by atoms with Crippen LogP contribution >= 0.6 is 0 Å². The second-order valence-electron chi connectivity index (χ2n) is 7.33. The summed E-state index contributed by atoms with van der Waals surface area (Å²) < 4.78 is 30.1. The summed E-state index contributed by atoms with van der Waals surface area (Å²) in [6.07, 6.45) is 0. The van der Waals surface area contributed by atoms with E-state index >= 15 is 0 Å². The number of halogens is 1. The molecule has 1 heterocycles. The van der Waals surface area contributed by atoms with E-state index in [-0.39, 0.29) is 17.0 Å². The quantitative estimate of drug-likeness (QED) is 0.492. The summed E-state index contributed by atoms with van der Waals surface area (Å²) in [6.45, 7) is 2.35. The van der Waals surface area contributed by atoms with Crippen LogP contribution in [0.15, 0.2) is 72.4 Å². The summed E-state index contributed by atoms with van der Waals surface area (Å²) >= 11 is 0. The van der Waals surface area contributed by atoms with Crippen LogP contribution in [0.2, 0.25) is 0 Å². The van der Waals surface area contributed by atoms with E-state index in [1.807, 2.05) is 6.92 Å². The van der Waals surface area contributed by atoms with Gasteiger partial charge in [-0.2, -0.15) is 0 Å². The van der Waals surface area contributed by atoms with Crippen molar-refractivity contribution in [2.75, 3.05) is 31.0 Å². The minimum Gasteiger partial charge on any atom is -0.494 e. The first-order chi connectivity index (χ1) is 16.5. The molecule has 0 fully saturated rings. The number of hydrogen-bond donors (Lipinski definition) is 1. The number of ether oxygens (including phenoxy) is 3. The summed E-state index contributed by atoms with van der Waals surface area (Å²) in [5.74, 6) is -0.274. The molecule has 3 aromatic carbocycles. The highest BCUT2D eigenvalue weighted by molar-refractivity contribution is 6.46. The van der Waals surface area contributed by atoms with Gasteiger partial charge in [-0.05, 0) is 55.0 Å². The fraction of sp³-hybridized carbons (Fsp3) is 0.154. The van der Waals surface area contributed by atoms with Gasteiger partial charge < -0.3 is 19.5 Å². The lowest BCUT2D eigenvalue weighted by molar-refractivity contribution is -0.120. The van der Waals surface area contributed by atoms with E-state index in [2.05, 4.69) is 5.32 Å². The van der Waals surface area contributed by atoms with Crippen LogP contribution in [0.4, 0.5) is 15.8 Å². The topological polar surface area (TPSA) is 77.1 Å². The van der Waals surface area contributed by atoms with Gasteiger partial charge in [0, 0.05) is 11.8 Å². The largest absolute Gasteiger partial charge is 0.494 e. The van der Waals surface area contributed by atoms with Crippen molar-refractivity contribution in [1.29, 1.82) is 0 Å². The molecule has 1 aliphatic heterocycles. The van der Waals surface area contributed by atoms with E-state index in [0.717, 1.165) is 11.0 Å². The molecule has 174 valence electrons. The van der Waals surface area contributed by atoms with E-state index in [4.69, 9.17) is 14.2 Å². The van der Waals surface area contributed by atoms with Crippen molar-refractivity contribution in [3.8, 4) is 17.2 Å². The third kappa shape index (κ3) is 4.30. The number of nitrogens with one attached hydrogen (secondary N) is 1. The van der Waals surface area contributed by atoms with Crippen molar-refractivity contribution in [3.05, 3.63) is 83.8 Å². The minimum atomic E-state index is -0.609. The molecule has 34 heavy (non-hydrogen) atoms. The molecule has 8 heteroatoms. The van der Waals surface area contributed by atoms with Gasteiger partial charge in [-0.15, -0.1) is 0 Å². The zero-order chi connectivity index (χ0) is 24.2. The molecule has 0 saturated carbocycles. The Balaban J connectivity index is 1.84. The molecule has 0 unspecified atom stereocenters. The number of imide groups is 1. The molecule has 4 rings (SSSR count). The molecule has 0 bridgehead atoms. The SMILES string of the molecule is CCOc1cccc(NC2=C(c3ccc(OC)c(OC)c3)C(=O)N(c3cccc(F)c3)C2=O)c1. The van der Waals surface area contributed by atoms with Crippen molar-refractivity contribution >= 4 is 28.8 Å². The fourth-order valence-electron chi connectivity index (χ4n) is 3.73. The molecule has 1 aliphatic rings. The lowest BCUT2D eigenvalue weighted by Crippen LogP contribution is -2.32. The first-order valence-electron chi connectivity index (χ1n) is 10.6. The number of hydrogen-bond acceptors (Lipinski definition) is 6. The van der Waals surface area contributed by atoms with Crippen molar-refractivity contribution in [3.63, 3.8) is 0 Å². The molecule has 0 aliphatic carbocycles. The van der Waals surface area contributed by atoms with Crippen molar-refractivity contribution < 1.29 is 28.2 Å². The number of methoxy groups -OCH3 is 2. The first kappa shape index (κ1) is 22.8. The number of amides is 2. The monoisotopic (exact) mass is 462 g/mol. The Bertz CT molecular complexity index is 1290. The average Bonchev–Trinajstić information content (AvgIpc) is 3.08. The molecule has 0 atom stereocenters. The van der Waals surface area contributed by atoms with Crippen molar-refractivity contribution in [1.82, 2.24) is 0 Å². The third-order valence-electron chi connectivity index (χ3n) is 5.24. The molecule has 2 amide bonds. The molecule has 0 radical (unpaired) electrons.